The molecule has 4 heterocycles. The molecule has 1 aliphatic heterocycles. The summed E-state index contributed by atoms with van der Waals surface area (Å²) >= 11 is 6.27. The van der Waals surface area contributed by atoms with Crippen molar-refractivity contribution in [1.82, 2.24) is 20.2 Å². The van der Waals surface area contributed by atoms with Crippen LogP contribution in [0.3, 0.4) is 0 Å². The van der Waals surface area contributed by atoms with E-state index in [2.05, 4.69) is 29.8 Å². The molecule has 6 rings (SSSR count). The van der Waals surface area contributed by atoms with E-state index in [1.54, 1.807) is 36.7 Å². The summed E-state index contributed by atoms with van der Waals surface area (Å²) in [5.41, 5.74) is 4.22. The molecule has 0 amide bonds. The predicted octanol–water partition coefficient (Wildman–Crippen LogP) is 5.04. The number of fused-ring (bicyclic) bond motifs is 1. The Balaban J connectivity index is 1.34. The second kappa shape index (κ2) is 10.6. The lowest BCUT2D eigenvalue weighted by Gasteiger charge is -2.27. The van der Waals surface area contributed by atoms with Gasteiger partial charge in [-0.1, -0.05) is 35.9 Å². The van der Waals surface area contributed by atoms with Gasteiger partial charge in [0.15, 0.2) is 5.15 Å². The van der Waals surface area contributed by atoms with Gasteiger partial charge in [0.05, 0.1) is 35.5 Å². The van der Waals surface area contributed by atoms with Crippen LogP contribution in [0.1, 0.15) is 0 Å². The van der Waals surface area contributed by atoms with Crippen LogP contribution >= 0.6 is 11.6 Å². The third-order valence-corrected chi connectivity index (χ3v) is 8.19. The highest BCUT2D eigenvalue weighted by Crippen LogP contribution is 2.33. The van der Waals surface area contributed by atoms with Gasteiger partial charge in [-0.2, -0.15) is 10.2 Å². The third kappa shape index (κ3) is 5.26. The Morgan fingerprint density at radius 1 is 0.846 bits per heavy atom. The van der Waals surface area contributed by atoms with Gasteiger partial charge in [-0.25, -0.2) is 18.4 Å². The lowest BCUT2D eigenvalue weighted by Crippen LogP contribution is -2.36. The first-order valence-electron chi connectivity index (χ1n) is 12.3. The van der Waals surface area contributed by atoms with Crippen molar-refractivity contribution < 1.29 is 13.2 Å². The van der Waals surface area contributed by atoms with E-state index >= 15 is 0 Å². The summed E-state index contributed by atoms with van der Waals surface area (Å²) in [4.78, 5) is 11.2. The number of nitrogens with one attached hydrogen (secondary N) is 1. The second-order valence-corrected chi connectivity index (χ2v) is 11.0. The van der Waals surface area contributed by atoms with E-state index in [4.69, 9.17) is 16.3 Å². The minimum atomic E-state index is -3.83. The molecule has 0 spiro atoms. The van der Waals surface area contributed by atoms with E-state index in [-0.39, 0.29) is 15.7 Å². The summed E-state index contributed by atoms with van der Waals surface area (Å²) in [7, 11) is -3.83. The minimum absolute atomic E-state index is 0.0528. The summed E-state index contributed by atoms with van der Waals surface area (Å²) in [6.07, 6.45) is 5.17. The number of benzene rings is 2. The number of aromatic nitrogens is 4. The first-order valence-corrected chi connectivity index (χ1v) is 14.1. The van der Waals surface area contributed by atoms with Gasteiger partial charge >= 0.3 is 0 Å². The van der Waals surface area contributed by atoms with Crippen LogP contribution in [-0.4, -0.2) is 54.9 Å². The van der Waals surface area contributed by atoms with Crippen molar-refractivity contribution in [3.8, 4) is 22.3 Å². The van der Waals surface area contributed by atoms with Gasteiger partial charge in [0.2, 0.25) is 0 Å². The Bertz CT molecular complexity index is 1750. The first kappa shape index (κ1) is 25.2. The normalized spacial score (nSPS) is 13.9. The quantitative estimate of drug-likeness (QED) is 0.288. The number of rotatable bonds is 6. The number of pyridine rings is 2. The van der Waals surface area contributed by atoms with Crippen molar-refractivity contribution in [1.29, 1.82) is 0 Å². The Hall–Kier alpha value is -4.12. The SMILES string of the molecule is O=S(=O)(Nc1cc(-c2ccc3nncc(-c4ccc(N5CCOCC5)nc4)c3c2)cnc1Cl)c1ccccc1. The fourth-order valence-corrected chi connectivity index (χ4v) is 5.76. The summed E-state index contributed by atoms with van der Waals surface area (Å²) < 4.78 is 33.7. The molecule has 1 aliphatic rings. The molecule has 1 N–H and O–H groups in total. The number of hydrogen-bond acceptors (Lipinski definition) is 8. The molecule has 0 radical (unpaired) electrons. The largest absolute Gasteiger partial charge is 0.378 e. The van der Waals surface area contributed by atoms with Crippen LogP contribution in [0.2, 0.25) is 5.15 Å². The van der Waals surface area contributed by atoms with Gasteiger partial charge in [-0.3, -0.25) is 4.72 Å². The van der Waals surface area contributed by atoms with Gasteiger partial charge in [0.25, 0.3) is 10.0 Å². The fourth-order valence-electron chi connectivity index (χ4n) is 4.47. The van der Waals surface area contributed by atoms with Crippen LogP contribution in [0.5, 0.6) is 0 Å². The number of halogens is 1. The molecule has 0 unspecified atom stereocenters. The van der Waals surface area contributed by atoms with Crippen molar-refractivity contribution in [2.24, 2.45) is 0 Å². The average Bonchev–Trinajstić information content (AvgIpc) is 2.98. The zero-order valence-corrected chi connectivity index (χ0v) is 22.2. The van der Waals surface area contributed by atoms with Crippen molar-refractivity contribution >= 4 is 44.0 Å². The molecule has 39 heavy (non-hydrogen) atoms. The molecule has 0 aliphatic carbocycles. The van der Waals surface area contributed by atoms with Crippen molar-refractivity contribution in [3.63, 3.8) is 0 Å². The lowest BCUT2D eigenvalue weighted by molar-refractivity contribution is 0.122. The number of hydrogen-bond donors (Lipinski definition) is 1. The zero-order chi connectivity index (χ0) is 26.8. The molecule has 5 aromatic rings. The molecule has 0 bridgehead atoms. The number of sulfonamides is 1. The average molecular weight is 559 g/mol. The third-order valence-electron chi connectivity index (χ3n) is 6.50. The number of anilines is 2. The van der Waals surface area contributed by atoms with Crippen molar-refractivity contribution in [2.75, 3.05) is 35.9 Å². The van der Waals surface area contributed by atoms with Gasteiger partial charge in [-0.05, 0) is 48.0 Å². The summed E-state index contributed by atoms with van der Waals surface area (Å²) in [6.45, 7) is 3.02. The van der Waals surface area contributed by atoms with Gasteiger partial charge in [-0.15, -0.1) is 0 Å². The van der Waals surface area contributed by atoms with E-state index in [0.29, 0.717) is 18.8 Å². The van der Waals surface area contributed by atoms with Crippen LogP contribution in [0.4, 0.5) is 11.5 Å². The highest BCUT2D eigenvalue weighted by atomic mass is 35.5. The first-order chi connectivity index (χ1) is 19.0. The van der Waals surface area contributed by atoms with Crippen molar-refractivity contribution in [2.45, 2.75) is 4.90 Å². The van der Waals surface area contributed by atoms with Crippen LogP contribution in [0, 0.1) is 0 Å². The maximum absolute atomic E-state index is 12.9. The summed E-state index contributed by atoms with van der Waals surface area (Å²) in [6, 6.07) is 19.6. The van der Waals surface area contributed by atoms with Crippen LogP contribution in [-0.2, 0) is 14.8 Å². The molecule has 1 fully saturated rings. The monoisotopic (exact) mass is 558 g/mol. The summed E-state index contributed by atoms with van der Waals surface area (Å²) in [5, 5.41) is 9.41. The predicted molar refractivity (Wildman–Crippen MR) is 151 cm³/mol. The van der Waals surface area contributed by atoms with E-state index in [1.807, 2.05) is 36.5 Å². The molecule has 0 saturated carbocycles. The fraction of sp³-hybridized carbons (Fsp3) is 0.143. The topological polar surface area (TPSA) is 110 Å². The molecule has 196 valence electrons. The Kier molecular flexibility index (Phi) is 6.82. The Morgan fingerprint density at radius 3 is 2.38 bits per heavy atom. The summed E-state index contributed by atoms with van der Waals surface area (Å²) in [5.74, 6) is 0.909. The smallest absolute Gasteiger partial charge is 0.261 e. The second-order valence-electron chi connectivity index (χ2n) is 8.98. The molecular formula is C28H23ClN6O3S. The Labute approximate surface area is 230 Å². The number of nitrogens with zero attached hydrogens (tertiary/aromatic N) is 5. The zero-order valence-electron chi connectivity index (χ0n) is 20.7. The van der Waals surface area contributed by atoms with E-state index < -0.39 is 10.0 Å². The molecule has 3 aromatic heterocycles. The van der Waals surface area contributed by atoms with Gasteiger partial charge < -0.3 is 9.64 Å². The standard InChI is InChI=1S/C28H23ClN6O3S/c29-28-26(34-39(36,37)22-4-2-1-3-5-22)15-21(17-31-28)19-6-8-25-23(14-19)24(18-32-33-25)20-7-9-27(30-16-20)35-10-12-38-13-11-35/h1-9,14-18,34H,10-13H2. The molecular weight excluding hydrogens is 536 g/mol. The highest BCUT2D eigenvalue weighted by molar-refractivity contribution is 7.92. The Morgan fingerprint density at radius 2 is 1.62 bits per heavy atom. The van der Waals surface area contributed by atoms with Crippen LogP contribution in [0.15, 0.2) is 90.2 Å². The molecule has 0 atom stereocenters. The number of morpholine rings is 1. The molecule has 9 nitrogen and oxygen atoms in total. The van der Waals surface area contributed by atoms with Gasteiger partial charge in [0, 0.05) is 47.6 Å². The maximum atomic E-state index is 12.9. The molecule has 1 saturated heterocycles. The van der Waals surface area contributed by atoms with E-state index in [9.17, 15) is 8.42 Å². The highest BCUT2D eigenvalue weighted by Gasteiger charge is 2.18. The minimum Gasteiger partial charge on any atom is -0.378 e. The van der Waals surface area contributed by atoms with Crippen LogP contribution in [0.25, 0.3) is 33.2 Å². The molecule has 11 heteroatoms. The molecule has 2 aromatic carbocycles. The van der Waals surface area contributed by atoms with Crippen molar-refractivity contribution in [3.05, 3.63) is 90.5 Å². The van der Waals surface area contributed by atoms with E-state index in [0.717, 1.165) is 46.5 Å². The maximum Gasteiger partial charge on any atom is 0.261 e. The number of ether oxygens (including phenoxy) is 1. The van der Waals surface area contributed by atoms with E-state index in [1.165, 1.54) is 12.1 Å². The van der Waals surface area contributed by atoms with Gasteiger partial charge in [0.1, 0.15) is 5.82 Å². The lowest BCUT2D eigenvalue weighted by atomic mass is 10.00. The van der Waals surface area contributed by atoms with Crippen LogP contribution < -0.4 is 9.62 Å².